The molecule has 3 rings (SSSR count). The number of nitrogens with one attached hydrogen (secondary N) is 1. The zero-order valence-corrected chi connectivity index (χ0v) is 17.3. The molecule has 5 nitrogen and oxygen atoms in total. The normalized spacial score (nSPS) is 16.8. The van der Waals surface area contributed by atoms with Crippen molar-refractivity contribution in [2.45, 2.75) is 31.9 Å². The van der Waals surface area contributed by atoms with Crippen LogP contribution in [0.5, 0.6) is 5.75 Å². The van der Waals surface area contributed by atoms with Crippen molar-refractivity contribution in [2.24, 2.45) is 0 Å². The maximum absolute atomic E-state index is 12.9. The van der Waals surface area contributed by atoms with E-state index in [0.29, 0.717) is 0 Å². The summed E-state index contributed by atoms with van der Waals surface area (Å²) < 4.78 is 6.08. The molecule has 1 fully saturated rings. The second-order valence-electron chi connectivity index (χ2n) is 7.91. The van der Waals surface area contributed by atoms with Crippen molar-refractivity contribution >= 4 is 11.6 Å². The summed E-state index contributed by atoms with van der Waals surface area (Å²) in [5, 5.41) is 3.03. The number of aryl methyl sites for hydroxylation is 1. The molecule has 1 heterocycles. The minimum Gasteiger partial charge on any atom is -0.490 e. The maximum Gasteiger partial charge on any atom is 0.246 e. The van der Waals surface area contributed by atoms with Crippen molar-refractivity contribution in [3.8, 4) is 5.75 Å². The minimum absolute atomic E-state index is 0.0437. The molecule has 0 aliphatic carbocycles. The lowest BCUT2D eigenvalue weighted by Crippen LogP contribution is -2.35. The lowest BCUT2D eigenvalue weighted by Gasteiger charge is -2.29. The molecule has 28 heavy (non-hydrogen) atoms. The SMILES string of the molecule is Cc1ccc(C(C(=O)Nc2ccc(OC3CCN(C)CC3)cc2)N(C)C)cc1. The molecular weight excluding hydrogens is 350 g/mol. The Morgan fingerprint density at radius 1 is 1.07 bits per heavy atom. The first-order valence-corrected chi connectivity index (χ1v) is 9.91. The van der Waals surface area contributed by atoms with E-state index >= 15 is 0 Å². The van der Waals surface area contributed by atoms with Gasteiger partial charge in [-0.05, 0) is 70.7 Å². The van der Waals surface area contributed by atoms with E-state index < -0.39 is 0 Å². The van der Waals surface area contributed by atoms with Gasteiger partial charge in [0.2, 0.25) is 5.91 Å². The zero-order valence-electron chi connectivity index (χ0n) is 17.3. The average molecular weight is 382 g/mol. The summed E-state index contributed by atoms with van der Waals surface area (Å²) in [4.78, 5) is 17.1. The fourth-order valence-corrected chi connectivity index (χ4v) is 3.56. The van der Waals surface area contributed by atoms with E-state index in [1.54, 1.807) is 0 Å². The standard InChI is InChI=1S/C23H31N3O2/c1-17-5-7-18(8-6-17)22(25(2)3)23(27)24-19-9-11-20(12-10-19)28-21-13-15-26(4)16-14-21/h5-12,21-22H,13-16H2,1-4H3,(H,24,27). The topological polar surface area (TPSA) is 44.8 Å². The third-order valence-electron chi connectivity index (χ3n) is 5.25. The number of nitrogens with zero attached hydrogens (tertiary/aromatic N) is 2. The summed E-state index contributed by atoms with van der Waals surface area (Å²) in [6, 6.07) is 15.4. The number of anilines is 1. The van der Waals surface area contributed by atoms with Gasteiger partial charge >= 0.3 is 0 Å². The number of likely N-dealkylation sites (tertiary alicyclic amines) is 1. The molecule has 1 unspecified atom stereocenters. The van der Waals surface area contributed by atoms with Crippen LogP contribution in [0.1, 0.15) is 30.0 Å². The highest BCUT2D eigenvalue weighted by Gasteiger charge is 2.23. The van der Waals surface area contributed by atoms with E-state index in [1.165, 1.54) is 5.56 Å². The number of piperidine rings is 1. The molecule has 1 aliphatic rings. The molecule has 1 saturated heterocycles. The Hall–Kier alpha value is -2.37. The Balaban J connectivity index is 1.62. The lowest BCUT2D eigenvalue weighted by atomic mass is 10.0. The third kappa shape index (κ3) is 5.33. The first-order valence-electron chi connectivity index (χ1n) is 9.91. The molecule has 150 valence electrons. The number of hydrogen-bond acceptors (Lipinski definition) is 4. The summed E-state index contributed by atoms with van der Waals surface area (Å²) in [5.74, 6) is 0.813. The molecule has 1 amide bonds. The van der Waals surface area contributed by atoms with Crippen LogP contribution in [0.2, 0.25) is 0 Å². The van der Waals surface area contributed by atoms with Crippen molar-refractivity contribution in [2.75, 3.05) is 39.5 Å². The molecule has 0 saturated carbocycles. The second-order valence-corrected chi connectivity index (χ2v) is 7.91. The Morgan fingerprint density at radius 3 is 2.25 bits per heavy atom. The van der Waals surface area contributed by atoms with Gasteiger partial charge in [-0.25, -0.2) is 0 Å². The van der Waals surface area contributed by atoms with E-state index in [2.05, 4.69) is 17.3 Å². The van der Waals surface area contributed by atoms with Gasteiger partial charge in [0, 0.05) is 18.8 Å². The van der Waals surface area contributed by atoms with Crippen LogP contribution in [-0.2, 0) is 4.79 Å². The van der Waals surface area contributed by atoms with Crippen molar-refractivity contribution < 1.29 is 9.53 Å². The molecule has 5 heteroatoms. The van der Waals surface area contributed by atoms with Crippen molar-refractivity contribution in [1.29, 1.82) is 0 Å². The van der Waals surface area contributed by atoms with Gasteiger partial charge in [-0.3, -0.25) is 9.69 Å². The Kier molecular flexibility index (Phi) is 6.70. The zero-order chi connectivity index (χ0) is 20.1. The van der Waals surface area contributed by atoms with E-state index in [1.807, 2.05) is 74.4 Å². The number of hydrogen-bond donors (Lipinski definition) is 1. The smallest absolute Gasteiger partial charge is 0.246 e. The predicted molar refractivity (Wildman–Crippen MR) is 114 cm³/mol. The Morgan fingerprint density at radius 2 is 1.68 bits per heavy atom. The molecule has 0 radical (unpaired) electrons. The van der Waals surface area contributed by atoms with Crippen molar-refractivity contribution in [3.63, 3.8) is 0 Å². The number of amides is 1. The highest BCUT2D eigenvalue weighted by molar-refractivity contribution is 5.95. The molecule has 2 aromatic rings. The van der Waals surface area contributed by atoms with Crippen LogP contribution in [0, 0.1) is 6.92 Å². The van der Waals surface area contributed by atoms with Crippen LogP contribution >= 0.6 is 0 Å². The van der Waals surface area contributed by atoms with Crippen LogP contribution in [0.3, 0.4) is 0 Å². The number of ether oxygens (including phenoxy) is 1. The number of rotatable bonds is 6. The van der Waals surface area contributed by atoms with Gasteiger partial charge in [0.1, 0.15) is 17.9 Å². The van der Waals surface area contributed by atoms with Crippen molar-refractivity contribution in [3.05, 3.63) is 59.7 Å². The summed E-state index contributed by atoms with van der Waals surface area (Å²) in [6.45, 7) is 4.19. The van der Waals surface area contributed by atoms with Crippen LogP contribution in [-0.4, -0.2) is 56.0 Å². The highest BCUT2D eigenvalue weighted by Crippen LogP contribution is 2.24. The largest absolute Gasteiger partial charge is 0.490 e. The summed E-state index contributed by atoms with van der Waals surface area (Å²) in [5.41, 5.74) is 2.94. The van der Waals surface area contributed by atoms with Crippen LogP contribution in [0.15, 0.2) is 48.5 Å². The van der Waals surface area contributed by atoms with Gasteiger partial charge in [0.25, 0.3) is 0 Å². The molecule has 1 N–H and O–H groups in total. The quantitative estimate of drug-likeness (QED) is 0.829. The van der Waals surface area contributed by atoms with Gasteiger partial charge in [-0.15, -0.1) is 0 Å². The van der Waals surface area contributed by atoms with Gasteiger partial charge in [0.05, 0.1) is 0 Å². The van der Waals surface area contributed by atoms with Gasteiger partial charge in [-0.2, -0.15) is 0 Å². The first-order chi connectivity index (χ1) is 13.4. The Labute approximate surface area is 168 Å². The van der Waals surface area contributed by atoms with Gasteiger partial charge in [-0.1, -0.05) is 29.8 Å². The van der Waals surface area contributed by atoms with Gasteiger partial charge in [0.15, 0.2) is 0 Å². The highest BCUT2D eigenvalue weighted by atomic mass is 16.5. The Bertz CT molecular complexity index is 763. The monoisotopic (exact) mass is 381 g/mol. The number of carbonyl (C=O) groups is 1. The minimum atomic E-state index is -0.337. The lowest BCUT2D eigenvalue weighted by molar-refractivity contribution is -0.120. The molecule has 0 bridgehead atoms. The first kappa shape index (κ1) is 20.4. The molecule has 2 aromatic carbocycles. The molecule has 0 spiro atoms. The second kappa shape index (κ2) is 9.22. The van der Waals surface area contributed by atoms with Crippen molar-refractivity contribution in [1.82, 2.24) is 9.80 Å². The van der Waals surface area contributed by atoms with E-state index in [0.717, 1.165) is 42.9 Å². The maximum atomic E-state index is 12.9. The number of carbonyl (C=O) groups excluding carboxylic acids is 1. The molecule has 1 atom stereocenters. The van der Waals surface area contributed by atoms with Crippen LogP contribution in [0.4, 0.5) is 5.69 Å². The van der Waals surface area contributed by atoms with Crippen LogP contribution in [0.25, 0.3) is 0 Å². The molecule has 0 aromatic heterocycles. The van der Waals surface area contributed by atoms with E-state index in [9.17, 15) is 4.79 Å². The summed E-state index contributed by atoms with van der Waals surface area (Å²) in [7, 11) is 5.98. The van der Waals surface area contributed by atoms with E-state index in [4.69, 9.17) is 4.74 Å². The molecular formula is C23H31N3O2. The fourth-order valence-electron chi connectivity index (χ4n) is 3.56. The fraction of sp³-hybridized carbons (Fsp3) is 0.435. The van der Waals surface area contributed by atoms with Crippen LogP contribution < -0.4 is 10.1 Å². The molecule has 1 aliphatic heterocycles. The van der Waals surface area contributed by atoms with Gasteiger partial charge < -0.3 is 15.0 Å². The predicted octanol–water partition coefficient (Wildman–Crippen LogP) is 3.71. The average Bonchev–Trinajstić information content (AvgIpc) is 2.67. The van der Waals surface area contributed by atoms with E-state index in [-0.39, 0.29) is 18.1 Å². The number of benzene rings is 2. The summed E-state index contributed by atoms with van der Waals surface area (Å²) in [6.07, 6.45) is 2.38. The third-order valence-corrected chi connectivity index (χ3v) is 5.25. The summed E-state index contributed by atoms with van der Waals surface area (Å²) >= 11 is 0. The number of likely N-dealkylation sites (N-methyl/N-ethyl adjacent to an activating group) is 1.